The number of fused-ring (bicyclic) bond motifs is 1. The maximum Gasteiger partial charge on any atom is 0.243 e. The highest BCUT2D eigenvalue weighted by Crippen LogP contribution is 2.06. The van der Waals surface area contributed by atoms with E-state index in [0.717, 1.165) is 24.3 Å². The number of nitrogens with zero attached hydrogens (tertiary/aromatic N) is 5. The fourth-order valence-electron chi connectivity index (χ4n) is 1.78. The second kappa shape index (κ2) is 4.48. The van der Waals surface area contributed by atoms with Crippen molar-refractivity contribution < 1.29 is 0 Å². The summed E-state index contributed by atoms with van der Waals surface area (Å²) in [7, 11) is 0. The Morgan fingerprint density at radius 2 is 2.28 bits per heavy atom. The molecule has 0 radical (unpaired) electrons. The first-order chi connectivity index (χ1) is 8.81. The van der Waals surface area contributed by atoms with Gasteiger partial charge in [-0.3, -0.25) is 0 Å². The third-order valence-corrected chi connectivity index (χ3v) is 2.69. The molecule has 3 aromatic heterocycles. The molecule has 6 heteroatoms. The molecule has 0 fully saturated rings. The third-order valence-electron chi connectivity index (χ3n) is 2.69. The number of aromatic nitrogens is 5. The molecule has 0 aliphatic rings. The standard InChI is InChI=1S/C12H14N6/c1-10-2-3-11-15-12(16-18(11)8-10)14-5-7-17-6-4-13-9-17/h2-4,6,8-9H,5,7H2,1H3,(H,14,16). The van der Waals surface area contributed by atoms with Crippen molar-refractivity contribution in [2.45, 2.75) is 13.5 Å². The van der Waals surface area contributed by atoms with E-state index in [2.05, 4.69) is 20.4 Å². The summed E-state index contributed by atoms with van der Waals surface area (Å²) in [5, 5.41) is 7.56. The fraction of sp³-hybridized carbons (Fsp3) is 0.250. The molecule has 6 nitrogen and oxygen atoms in total. The van der Waals surface area contributed by atoms with Gasteiger partial charge >= 0.3 is 0 Å². The van der Waals surface area contributed by atoms with Crippen LogP contribution < -0.4 is 5.32 Å². The van der Waals surface area contributed by atoms with Gasteiger partial charge in [-0.05, 0) is 18.6 Å². The van der Waals surface area contributed by atoms with Crippen molar-refractivity contribution in [1.82, 2.24) is 24.1 Å². The largest absolute Gasteiger partial charge is 0.351 e. The molecule has 18 heavy (non-hydrogen) atoms. The molecule has 0 aliphatic heterocycles. The van der Waals surface area contributed by atoms with Crippen molar-refractivity contribution in [2.24, 2.45) is 0 Å². The highest BCUT2D eigenvalue weighted by atomic mass is 15.3. The Morgan fingerprint density at radius 1 is 1.33 bits per heavy atom. The number of imidazole rings is 1. The van der Waals surface area contributed by atoms with E-state index in [9.17, 15) is 0 Å². The zero-order valence-electron chi connectivity index (χ0n) is 10.1. The summed E-state index contributed by atoms with van der Waals surface area (Å²) < 4.78 is 3.79. The van der Waals surface area contributed by atoms with Crippen LogP contribution in [0.4, 0.5) is 5.95 Å². The van der Waals surface area contributed by atoms with Gasteiger partial charge in [-0.1, -0.05) is 6.07 Å². The molecule has 3 aromatic rings. The van der Waals surface area contributed by atoms with Crippen LogP contribution in [-0.4, -0.2) is 30.7 Å². The molecule has 0 aliphatic carbocycles. The SMILES string of the molecule is Cc1ccc2nc(NCCn3ccnc3)nn2c1. The summed E-state index contributed by atoms with van der Waals surface area (Å²) in [6.45, 7) is 3.65. The summed E-state index contributed by atoms with van der Waals surface area (Å²) in [6.07, 6.45) is 7.46. The Kier molecular flexibility index (Phi) is 2.68. The second-order valence-electron chi connectivity index (χ2n) is 4.17. The Hall–Kier alpha value is -2.37. The maximum atomic E-state index is 4.39. The van der Waals surface area contributed by atoms with E-state index in [1.807, 2.05) is 36.0 Å². The second-order valence-corrected chi connectivity index (χ2v) is 4.17. The number of hydrogen-bond donors (Lipinski definition) is 1. The van der Waals surface area contributed by atoms with Crippen LogP contribution >= 0.6 is 0 Å². The van der Waals surface area contributed by atoms with Gasteiger partial charge in [-0.15, -0.1) is 5.10 Å². The van der Waals surface area contributed by atoms with Gasteiger partial charge in [0.2, 0.25) is 5.95 Å². The predicted octanol–water partition coefficient (Wildman–Crippen LogP) is 1.35. The molecule has 3 rings (SSSR count). The summed E-state index contributed by atoms with van der Waals surface area (Å²) >= 11 is 0. The van der Waals surface area contributed by atoms with E-state index in [1.54, 1.807) is 17.0 Å². The van der Waals surface area contributed by atoms with E-state index < -0.39 is 0 Å². The minimum Gasteiger partial charge on any atom is -0.351 e. The Morgan fingerprint density at radius 3 is 3.11 bits per heavy atom. The van der Waals surface area contributed by atoms with Crippen LogP contribution in [0.5, 0.6) is 0 Å². The topological polar surface area (TPSA) is 60.0 Å². The van der Waals surface area contributed by atoms with Gasteiger partial charge in [-0.25, -0.2) is 9.50 Å². The summed E-state index contributed by atoms with van der Waals surface area (Å²) in [5.41, 5.74) is 2.02. The molecule has 0 amide bonds. The first kappa shape index (κ1) is 10.8. The molecule has 0 saturated carbocycles. The van der Waals surface area contributed by atoms with Gasteiger partial charge in [0.05, 0.1) is 6.33 Å². The molecule has 0 aromatic carbocycles. The van der Waals surface area contributed by atoms with Gasteiger partial charge in [0.15, 0.2) is 5.65 Å². The zero-order chi connectivity index (χ0) is 12.4. The van der Waals surface area contributed by atoms with E-state index in [0.29, 0.717) is 5.95 Å². The lowest BCUT2D eigenvalue weighted by Crippen LogP contribution is -2.10. The number of rotatable bonds is 4. The zero-order valence-corrected chi connectivity index (χ0v) is 10.1. The molecule has 0 unspecified atom stereocenters. The summed E-state index contributed by atoms with van der Waals surface area (Å²) in [6, 6.07) is 3.99. The average Bonchev–Trinajstić information content (AvgIpc) is 2.97. The lowest BCUT2D eigenvalue weighted by atomic mass is 10.3. The van der Waals surface area contributed by atoms with Crippen LogP contribution in [-0.2, 0) is 6.54 Å². The van der Waals surface area contributed by atoms with Crippen molar-refractivity contribution in [3.63, 3.8) is 0 Å². The number of hydrogen-bond acceptors (Lipinski definition) is 4. The average molecular weight is 242 g/mol. The molecule has 3 heterocycles. The number of nitrogens with one attached hydrogen (secondary N) is 1. The fourth-order valence-corrected chi connectivity index (χ4v) is 1.78. The lowest BCUT2D eigenvalue weighted by molar-refractivity contribution is 0.723. The van der Waals surface area contributed by atoms with Crippen molar-refractivity contribution in [3.05, 3.63) is 42.6 Å². The minimum absolute atomic E-state index is 0.653. The molecule has 92 valence electrons. The predicted molar refractivity (Wildman–Crippen MR) is 68.4 cm³/mol. The van der Waals surface area contributed by atoms with Gasteiger partial charge in [-0.2, -0.15) is 4.98 Å². The molecule has 0 bridgehead atoms. The van der Waals surface area contributed by atoms with Crippen LogP contribution in [0.2, 0.25) is 0 Å². The van der Waals surface area contributed by atoms with E-state index in [4.69, 9.17) is 0 Å². The smallest absolute Gasteiger partial charge is 0.243 e. The highest BCUT2D eigenvalue weighted by molar-refractivity contribution is 5.43. The molecular formula is C12H14N6. The Balaban J connectivity index is 1.67. The lowest BCUT2D eigenvalue weighted by Gasteiger charge is -2.01. The summed E-state index contributed by atoms with van der Waals surface area (Å²) in [5.74, 6) is 0.653. The van der Waals surface area contributed by atoms with Crippen LogP contribution in [0.15, 0.2) is 37.1 Å². The van der Waals surface area contributed by atoms with E-state index in [1.165, 1.54) is 0 Å². The van der Waals surface area contributed by atoms with Crippen molar-refractivity contribution in [1.29, 1.82) is 0 Å². The quantitative estimate of drug-likeness (QED) is 0.750. The molecule has 1 N–H and O–H groups in total. The van der Waals surface area contributed by atoms with Crippen LogP contribution in [0.25, 0.3) is 5.65 Å². The van der Waals surface area contributed by atoms with Crippen molar-refractivity contribution in [3.8, 4) is 0 Å². The van der Waals surface area contributed by atoms with Gasteiger partial charge < -0.3 is 9.88 Å². The number of aryl methyl sites for hydroxylation is 1. The molecule has 0 spiro atoms. The first-order valence-electron chi connectivity index (χ1n) is 5.84. The van der Waals surface area contributed by atoms with Gasteiger partial charge in [0.25, 0.3) is 0 Å². The number of anilines is 1. The molecular weight excluding hydrogens is 228 g/mol. The molecule has 0 atom stereocenters. The number of pyridine rings is 1. The third kappa shape index (κ3) is 2.17. The first-order valence-corrected chi connectivity index (χ1v) is 5.84. The van der Waals surface area contributed by atoms with Gasteiger partial charge in [0.1, 0.15) is 0 Å². The highest BCUT2D eigenvalue weighted by Gasteiger charge is 2.02. The monoisotopic (exact) mass is 242 g/mol. The van der Waals surface area contributed by atoms with Gasteiger partial charge in [0, 0.05) is 31.7 Å². The van der Waals surface area contributed by atoms with Crippen LogP contribution in [0.1, 0.15) is 5.56 Å². The normalized spacial score (nSPS) is 10.9. The summed E-state index contributed by atoms with van der Waals surface area (Å²) in [4.78, 5) is 8.38. The van der Waals surface area contributed by atoms with Crippen LogP contribution in [0.3, 0.4) is 0 Å². The minimum atomic E-state index is 0.653. The Labute approximate surface area is 104 Å². The maximum absolute atomic E-state index is 4.39. The van der Waals surface area contributed by atoms with Crippen molar-refractivity contribution >= 4 is 11.6 Å². The van der Waals surface area contributed by atoms with Crippen LogP contribution in [0, 0.1) is 6.92 Å². The molecule has 0 saturated heterocycles. The Bertz CT molecular complexity index is 640. The van der Waals surface area contributed by atoms with E-state index >= 15 is 0 Å². The van der Waals surface area contributed by atoms with E-state index in [-0.39, 0.29) is 0 Å². The van der Waals surface area contributed by atoms with Crippen molar-refractivity contribution in [2.75, 3.05) is 11.9 Å².